The van der Waals surface area contributed by atoms with Gasteiger partial charge in [-0.15, -0.1) is 0 Å². The van der Waals surface area contributed by atoms with Crippen molar-refractivity contribution in [3.8, 4) is 0 Å². The number of sulfonamides is 1. The number of carbonyl (C=O) groups is 1. The lowest BCUT2D eigenvalue weighted by Gasteiger charge is -2.25. The zero-order valence-electron chi connectivity index (χ0n) is 17.6. The van der Waals surface area contributed by atoms with E-state index in [2.05, 4.69) is 0 Å². The number of aryl methyl sites for hydroxylation is 3. The number of nitro groups is 1. The number of hydrogen-bond donors (Lipinski definition) is 0. The van der Waals surface area contributed by atoms with Crippen LogP contribution in [0.15, 0.2) is 65.6 Å². The van der Waals surface area contributed by atoms with E-state index in [0.717, 1.165) is 21.5 Å². The Kier molecular flexibility index (Phi) is 5.94. The van der Waals surface area contributed by atoms with E-state index in [1.54, 1.807) is 38.1 Å². The maximum absolute atomic E-state index is 13.6. The minimum atomic E-state index is -4.29. The van der Waals surface area contributed by atoms with Gasteiger partial charge >= 0.3 is 0 Å². The van der Waals surface area contributed by atoms with Crippen LogP contribution in [0.25, 0.3) is 0 Å². The zero-order valence-corrected chi connectivity index (χ0v) is 18.4. The average Bonchev–Trinajstić information content (AvgIpc) is 2.71. The van der Waals surface area contributed by atoms with Crippen LogP contribution in [0.1, 0.15) is 32.6 Å². The van der Waals surface area contributed by atoms with Gasteiger partial charge in [-0.1, -0.05) is 35.9 Å². The molecular formula is C23H22N2O5S. The first-order valence-electron chi connectivity index (χ1n) is 9.51. The average molecular weight is 439 g/mol. The SMILES string of the molecule is Cc1ccc(S(=O)(=O)N(C(=O)c2ccc(C)c([N+](=O)[O-])c2)c2cccc(C)c2C)cc1. The standard InChI is InChI=1S/C23H22N2O5S/c1-15-8-12-20(13-9-15)31(29,30)24(21-7-5-6-16(2)18(21)4)23(26)19-11-10-17(3)22(14-19)25(27)28/h5-14H,1-4H3. The molecular weight excluding hydrogens is 416 g/mol. The molecule has 0 heterocycles. The summed E-state index contributed by atoms with van der Waals surface area (Å²) in [5.41, 5.74) is 2.54. The molecule has 160 valence electrons. The summed E-state index contributed by atoms with van der Waals surface area (Å²) in [6.07, 6.45) is 0. The second-order valence-corrected chi connectivity index (χ2v) is 9.15. The Bertz CT molecular complexity index is 1280. The van der Waals surface area contributed by atoms with Crippen LogP contribution in [0.5, 0.6) is 0 Å². The van der Waals surface area contributed by atoms with Gasteiger partial charge in [-0.25, -0.2) is 8.42 Å². The van der Waals surface area contributed by atoms with Gasteiger partial charge in [0.1, 0.15) is 0 Å². The fourth-order valence-corrected chi connectivity index (χ4v) is 4.65. The fourth-order valence-electron chi connectivity index (χ4n) is 3.18. The highest BCUT2D eigenvalue weighted by Crippen LogP contribution is 2.31. The molecule has 8 heteroatoms. The fraction of sp³-hybridized carbons (Fsp3) is 0.174. The van der Waals surface area contributed by atoms with Gasteiger partial charge in [-0.3, -0.25) is 14.9 Å². The van der Waals surface area contributed by atoms with Crippen molar-refractivity contribution in [3.05, 3.63) is 98.6 Å². The van der Waals surface area contributed by atoms with Gasteiger partial charge in [0.2, 0.25) is 0 Å². The lowest BCUT2D eigenvalue weighted by Crippen LogP contribution is -2.37. The van der Waals surface area contributed by atoms with Crippen LogP contribution in [-0.2, 0) is 10.0 Å². The van der Waals surface area contributed by atoms with Crippen LogP contribution in [-0.4, -0.2) is 19.2 Å². The second kappa shape index (κ2) is 8.31. The maximum atomic E-state index is 13.6. The number of amides is 1. The first kappa shape index (κ1) is 22.2. The summed E-state index contributed by atoms with van der Waals surface area (Å²) in [6.45, 7) is 6.93. The van der Waals surface area contributed by atoms with E-state index in [4.69, 9.17) is 0 Å². The summed E-state index contributed by atoms with van der Waals surface area (Å²) in [5, 5.41) is 11.3. The van der Waals surface area contributed by atoms with E-state index >= 15 is 0 Å². The predicted octanol–water partition coefficient (Wildman–Crippen LogP) is 4.86. The molecule has 0 N–H and O–H groups in total. The molecule has 0 spiro atoms. The first-order chi connectivity index (χ1) is 14.5. The highest BCUT2D eigenvalue weighted by molar-refractivity contribution is 7.93. The van der Waals surface area contributed by atoms with Crippen molar-refractivity contribution < 1.29 is 18.1 Å². The summed E-state index contributed by atoms with van der Waals surface area (Å²) in [6, 6.07) is 15.1. The highest BCUT2D eigenvalue weighted by atomic mass is 32.2. The molecule has 0 saturated carbocycles. The van der Waals surface area contributed by atoms with Crippen molar-refractivity contribution in [1.82, 2.24) is 0 Å². The number of hydrogen-bond acceptors (Lipinski definition) is 5. The van der Waals surface area contributed by atoms with Crippen molar-refractivity contribution in [2.24, 2.45) is 0 Å². The van der Waals surface area contributed by atoms with Crippen LogP contribution in [0, 0.1) is 37.8 Å². The van der Waals surface area contributed by atoms with Crippen LogP contribution in [0.2, 0.25) is 0 Å². The van der Waals surface area contributed by atoms with Gasteiger partial charge in [0.05, 0.1) is 15.5 Å². The zero-order chi connectivity index (χ0) is 22.9. The third-order valence-electron chi connectivity index (χ3n) is 5.19. The highest BCUT2D eigenvalue weighted by Gasteiger charge is 2.33. The van der Waals surface area contributed by atoms with Crippen LogP contribution < -0.4 is 4.31 Å². The summed E-state index contributed by atoms with van der Waals surface area (Å²) >= 11 is 0. The van der Waals surface area contributed by atoms with Crippen LogP contribution in [0.3, 0.4) is 0 Å². The Morgan fingerprint density at radius 2 is 1.55 bits per heavy atom. The Balaban J connectivity index is 2.25. The van der Waals surface area contributed by atoms with Gasteiger partial charge < -0.3 is 0 Å². The van der Waals surface area contributed by atoms with E-state index in [9.17, 15) is 23.3 Å². The molecule has 0 unspecified atom stereocenters. The van der Waals surface area contributed by atoms with E-state index in [1.807, 2.05) is 19.9 Å². The lowest BCUT2D eigenvalue weighted by atomic mass is 10.1. The Labute approximate surface area is 181 Å². The van der Waals surface area contributed by atoms with E-state index < -0.39 is 20.9 Å². The number of rotatable bonds is 5. The number of anilines is 1. The summed E-state index contributed by atoms with van der Waals surface area (Å²) in [5.74, 6) is -0.864. The van der Waals surface area contributed by atoms with Gasteiger partial charge in [0.15, 0.2) is 0 Å². The van der Waals surface area contributed by atoms with Gasteiger partial charge in [-0.05, 0) is 63.1 Å². The van der Waals surface area contributed by atoms with Crippen LogP contribution in [0.4, 0.5) is 11.4 Å². The van der Waals surface area contributed by atoms with Crippen molar-refractivity contribution in [2.45, 2.75) is 32.6 Å². The molecule has 0 saturated heterocycles. The van der Waals surface area contributed by atoms with Crippen molar-refractivity contribution in [1.29, 1.82) is 0 Å². The second-order valence-electron chi connectivity index (χ2n) is 7.37. The Morgan fingerprint density at radius 3 is 2.16 bits per heavy atom. The first-order valence-corrected chi connectivity index (χ1v) is 11.0. The van der Waals surface area contributed by atoms with E-state index in [-0.39, 0.29) is 21.8 Å². The lowest BCUT2D eigenvalue weighted by molar-refractivity contribution is -0.385. The Morgan fingerprint density at radius 1 is 0.903 bits per heavy atom. The largest absolute Gasteiger partial charge is 0.273 e. The number of carbonyl (C=O) groups excluding carboxylic acids is 1. The monoisotopic (exact) mass is 438 g/mol. The predicted molar refractivity (Wildman–Crippen MR) is 119 cm³/mol. The molecule has 0 fully saturated rings. The minimum Gasteiger partial charge on any atom is -0.268 e. The molecule has 0 aliphatic heterocycles. The maximum Gasteiger partial charge on any atom is 0.273 e. The van der Waals surface area contributed by atoms with Crippen molar-refractivity contribution in [2.75, 3.05) is 4.31 Å². The molecule has 0 atom stereocenters. The van der Waals surface area contributed by atoms with E-state index in [1.165, 1.54) is 24.3 Å². The minimum absolute atomic E-state index is 0.0473. The molecule has 31 heavy (non-hydrogen) atoms. The summed E-state index contributed by atoms with van der Waals surface area (Å²) in [7, 11) is -4.29. The normalized spacial score (nSPS) is 11.2. The topological polar surface area (TPSA) is 97.6 Å². The third kappa shape index (κ3) is 4.20. The Hall–Kier alpha value is -3.52. The van der Waals surface area contributed by atoms with Crippen LogP contribution >= 0.6 is 0 Å². The third-order valence-corrected chi connectivity index (χ3v) is 6.90. The quantitative estimate of drug-likeness (QED) is 0.418. The number of nitrogens with zero attached hydrogens (tertiary/aromatic N) is 2. The van der Waals surface area contributed by atoms with Gasteiger partial charge in [0.25, 0.3) is 21.6 Å². The van der Waals surface area contributed by atoms with Gasteiger partial charge in [-0.2, -0.15) is 4.31 Å². The molecule has 0 bridgehead atoms. The molecule has 3 aromatic rings. The van der Waals surface area contributed by atoms with Crippen molar-refractivity contribution in [3.63, 3.8) is 0 Å². The smallest absolute Gasteiger partial charge is 0.268 e. The molecule has 7 nitrogen and oxygen atoms in total. The molecule has 0 aliphatic rings. The summed E-state index contributed by atoms with van der Waals surface area (Å²) < 4.78 is 27.9. The molecule has 0 radical (unpaired) electrons. The molecule has 0 aliphatic carbocycles. The summed E-state index contributed by atoms with van der Waals surface area (Å²) in [4.78, 5) is 24.2. The molecule has 1 amide bonds. The molecule has 0 aromatic heterocycles. The number of nitro benzene ring substituents is 1. The van der Waals surface area contributed by atoms with Gasteiger partial charge in [0, 0.05) is 17.2 Å². The molecule has 3 rings (SSSR count). The van der Waals surface area contributed by atoms with Crippen molar-refractivity contribution >= 4 is 27.3 Å². The van der Waals surface area contributed by atoms with E-state index in [0.29, 0.717) is 11.1 Å². The molecule has 3 aromatic carbocycles. The number of benzene rings is 3.